The van der Waals surface area contributed by atoms with Gasteiger partial charge in [0, 0.05) is 28.8 Å². The molecule has 0 radical (unpaired) electrons. The maximum absolute atomic E-state index is 10.8. The van der Waals surface area contributed by atoms with Gasteiger partial charge < -0.3 is 8.83 Å². The van der Waals surface area contributed by atoms with Crippen molar-refractivity contribution in [3.8, 4) is 34.0 Å². The molecule has 0 bridgehead atoms. The Morgan fingerprint density at radius 2 is 1.45 bits per heavy atom. The fourth-order valence-corrected chi connectivity index (χ4v) is 3.88. The number of hydrogen-bond donors (Lipinski definition) is 0. The van der Waals surface area contributed by atoms with Gasteiger partial charge in [0.15, 0.2) is 5.76 Å². The third kappa shape index (κ3) is 4.53. The molecule has 8 nitrogen and oxygen atoms in total. The summed E-state index contributed by atoms with van der Waals surface area (Å²) in [6.07, 6.45) is 0. The molecule has 0 spiro atoms. The zero-order valence-electron chi connectivity index (χ0n) is 17.1. The lowest BCUT2D eigenvalue weighted by molar-refractivity contribution is -0.384. The van der Waals surface area contributed by atoms with E-state index in [0.717, 1.165) is 16.8 Å². The molecule has 0 fully saturated rings. The van der Waals surface area contributed by atoms with Crippen molar-refractivity contribution in [3.63, 3.8) is 0 Å². The minimum atomic E-state index is -0.455. The highest BCUT2D eigenvalue weighted by Gasteiger charge is 2.18. The number of benzene rings is 3. The molecular formula is C24H16N4O4S. The third-order valence-electron chi connectivity index (χ3n) is 4.80. The Bertz CT molecular complexity index is 1330. The Kier molecular flexibility index (Phi) is 5.69. The third-order valence-corrected chi connectivity index (χ3v) is 5.61. The summed E-state index contributed by atoms with van der Waals surface area (Å²) in [7, 11) is 0. The van der Waals surface area contributed by atoms with Crippen molar-refractivity contribution in [2.24, 2.45) is 0 Å². The molecule has 5 aromatic rings. The second-order valence-electron chi connectivity index (χ2n) is 6.98. The van der Waals surface area contributed by atoms with Gasteiger partial charge in [0.25, 0.3) is 10.9 Å². The Hall–Kier alpha value is -4.24. The minimum absolute atomic E-state index is 0.00128. The van der Waals surface area contributed by atoms with Crippen LogP contribution in [0.15, 0.2) is 99.0 Å². The highest BCUT2D eigenvalue weighted by molar-refractivity contribution is 7.98. The van der Waals surface area contributed by atoms with Crippen molar-refractivity contribution < 1.29 is 13.8 Å². The van der Waals surface area contributed by atoms with Gasteiger partial charge in [-0.25, -0.2) is 4.98 Å². The zero-order chi connectivity index (χ0) is 22.6. The first-order valence-electron chi connectivity index (χ1n) is 9.99. The van der Waals surface area contributed by atoms with Crippen LogP contribution in [0.25, 0.3) is 34.0 Å². The molecular weight excluding hydrogens is 440 g/mol. The van der Waals surface area contributed by atoms with Crippen molar-refractivity contribution in [1.29, 1.82) is 0 Å². The topological polar surface area (TPSA) is 108 Å². The number of nitro groups is 1. The second-order valence-corrected chi connectivity index (χ2v) is 7.91. The van der Waals surface area contributed by atoms with Crippen molar-refractivity contribution in [1.82, 2.24) is 15.2 Å². The van der Waals surface area contributed by atoms with E-state index in [9.17, 15) is 10.1 Å². The van der Waals surface area contributed by atoms with Gasteiger partial charge in [-0.3, -0.25) is 10.1 Å². The number of thioether (sulfide) groups is 1. The fourth-order valence-electron chi connectivity index (χ4n) is 3.22. The minimum Gasteiger partial charge on any atom is -0.431 e. The largest absolute Gasteiger partial charge is 0.431 e. The van der Waals surface area contributed by atoms with E-state index in [1.165, 1.54) is 23.9 Å². The molecule has 0 aliphatic heterocycles. The number of hydrogen-bond acceptors (Lipinski definition) is 8. The molecule has 0 atom stereocenters. The zero-order valence-corrected chi connectivity index (χ0v) is 17.9. The monoisotopic (exact) mass is 456 g/mol. The van der Waals surface area contributed by atoms with Crippen LogP contribution in [0.2, 0.25) is 0 Å². The molecule has 0 saturated heterocycles. The average Bonchev–Trinajstić information content (AvgIpc) is 3.51. The molecule has 162 valence electrons. The number of rotatable bonds is 7. The average molecular weight is 456 g/mol. The van der Waals surface area contributed by atoms with E-state index in [1.54, 1.807) is 12.1 Å². The number of non-ortho nitro benzene ring substituents is 1. The SMILES string of the molecule is O=[N+]([O-])c1ccc(-c2nnc(CSc3nc(-c4ccccc4)c(-c4ccccc4)o3)o2)cc1. The summed E-state index contributed by atoms with van der Waals surface area (Å²) in [5, 5.41) is 19.4. The summed E-state index contributed by atoms with van der Waals surface area (Å²) in [5.74, 6) is 1.75. The van der Waals surface area contributed by atoms with Crippen LogP contribution in [0.5, 0.6) is 0 Å². The standard InChI is InChI=1S/C24H16N4O4S/c29-28(30)19-13-11-18(12-14-19)23-27-26-20(31-23)15-33-24-25-21(16-7-3-1-4-8-16)22(32-24)17-9-5-2-6-10-17/h1-14H,15H2. The van der Waals surface area contributed by atoms with Gasteiger partial charge in [-0.2, -0.15) is 0 Å². The summed E-state index contributed by atoms with van der Waals surface area (Å²) in [4.78, 5) is 15.1. The lowest BCUT2D eigenvalue weighted by Crippen LogP contribution is -1.87. The van der Waals surface area contributed by atoms with Gasteiger partial charge in [-0.15, -0.1) is 10.2 Å². The normalized spacial score (nSPS) is 10.9. The quantitative estimate of drug-likeness (QED) is 0.160. The first kappa shape index (κ1) is 20.7. The Labute approximate surface area is 192 Å². The molecule has 0 aliphatic rings. The molecule has 33 heavy (non-hydrogen) atoms. The van der Waals surface area contributed by atoms with E-state index in [1.807, 2.05) is 60.7 Å². The molecule has 3 aromatic carbocycles. The van der Waals surface area contributed by atoms with Gasteiger partial charge in [0.05, 0.1) is 10.7 Å². The lowest BCUT2D eigenvalue weighted by Gasteiger charge is -2.00. The van der Waals surface area contributed by atoms with E-state index in [0.29, 0.717) is 34.1 Å². The molecule has 2 heterocycles. The molecule has 2 aromatic heterocycles. The Balaban J connectivity index is 1.36. The van der Waals surface area contributed by atoms with E-state index in [-0.39, 0.29) is 5.69 Å². The van der Waals surface area contributed by atoms with Crippen LogP contribution in [0.4, 0.5) is 5.69 Å². The summed E-state index contributed by atoms with van der Waals surface area (Å²) in [5.41, 5.74) is 3.28. The Morgan fingerprint density at radius 3 is 2.12 bits per heavy atom. The summed E-state index contributed by atoms with van der Waals surface area (Å²) >= 11 is 1.35. The highest BCUT2D eigenvalue weighted by atomic mass is 32.2. The first-order chi connectivity index (χ1) is 16.2. The molecule has 0 aliphatic carbocycles. The van der Waals surface area contributed by atoms with Crippen LogP contribution in [0, 0.1) is 10.1 Å². The summed E-state index contributed by atoms with van der Waals surface area (Å²) in [6, 6.07) is 25.7. The molecule has 0 amide bonds. The first-order valence-corrected chi connectivity index (χ1v) is 11.0. The maximum Gasteiger partial charge on any atom is 0.269 e. The van der Waals surface area contributed by atoms with Crippen molar-refractivity contribution in [2.45, 2.75) is 11.0 Å². The van der Waals surface area contributed by atoms with E-state index >= 15 is 0 Å². The van der Waals surface area contributed by atoms with Crippen LogP contribution in [-0.2, 0) is 5.75 Å². The number of nitro benzene ring substituents is 1. The van der Waals surface area contributed by atoms with Crippen molar-refractivity contribution >= 4 is 17.4 Å². The Morgan fingerprint density at radius 1 is 0.788 bits per heavy atom. The second kappa shape index (κ2) is 9.09. The van der Waals surface area contributed by atoms with Gasteiger partial charge in [0.2, 0.25) is 11.8 Å². The fraction of sp³-hybridized carbons (Fsp3) is 0.0417. The predicted molar refractivity (Wildman–Crippen MR) is 123 cm³/mol. The number of nitrogens with zero attached hydrogens (tertiary/aromatic N) is 4. The van der Waals surface area contributed by atoms with Gasteiger partial charge in [-0.05, 0) is 12.1 Å². The van der Waals surface area contributed by atoms with Gasteiger partial charge in [-0.1, -0.05) is 72.4 Å². The molecule has 0 unspecified atom stereocenters. The lowest BCUT2D eigenvalue weighted by atomic mass is 10.1. The van der Waals surface area contributed by atoms with E-state index in [4.69, 9.17) is 13.8 Å². The summed E-state index contributed by atoms with van der Waals surface area (Å²) in [6.45, 7) is 0. The molecule has 5 rings (SSSR count). The predicted octanol–water partition coefficient (Wildman–Crippen LogP) is 6.26. The van der Waals surface area contributed by atoms with Crippen LogP contribution in [0.1, 0.15) is 5.89 Å². The molecule has 9 heteroatoms. The van der Waals surface area contributed by atoms with E-state index in [2.05, 4.69) is 10.2 Å². The van der Waals surface area contributed by atoms with Crippen LogP contribution >= 0.6 is 11.8 Å². The number of oxazole rings is 1. The van der Waals surface area contributed by atoms with Gasteiger partial charge >= 0.3 is 0 Å². The summed E-state index contributed by atoms with van der Waals surface area (Å²) < 4.78 is 11.8. The smallest absolute Gasteiger partial charge is 0.269 e. The van der Waals surface area contributed by atoms with E-state index < -0.39 is 4.92 Å². The maximum atomic E-state index is 10.8. The van der Waals surface area contributed by atoms with Crippen LogP contribution in [-0.4, -0.2) is 20.1 Å². The number of aromatic nitrogens is 3. The van der Waals surface area contributed by atoms with Crippen molar-refractivity contribution in [3.05, 3.63) is 101 Å². The molecule has 0 N–H and O–H groups in total. The van der Waals surface area contributed by atoms with Gasteiger partial charge in [0.1, 0.15) is 5.69 Å². The van der Waals surface area contributed by atoms with Crippen molar-refractivity contribution in [2.75, 3.05) is 0 Å². The highest BCUT2D eigenvalue weighted by Crippen LogP contribution is 2.36. The van der Waals surface area contributed by atoms with Crippen LogP contribution in [0.3, 0.4) is 0 Å². The molecule has 0 saturated carbocycles. The van der Waals surface area contributed by atoms with Crippen LogP contribution < -0.4 is 0 Å².